The molecule has 3 heterocycles. The molecule has 1 N–H and O–H groups in total. The Kier molecular flexibility index (Phi) is 7.89. The second-order valence-corrected chi connectivity index (χ2v) is 10.1. The summed E-state index contributed by atoms with van der Waals surface area (Å²) in [5, 5.41) is 1.19. The minimum absolute atomic E-state index is 0.171. The topological polar surface area (TPSA) is 34.7 Å². The van der Waals surface area contributed by atoms with Gasteiger partial charge in [0.05, 0.1) is 12.8 Å². The molecule has 2 fully saturated rings. The molecular weight excluding hydrogens is 439 g/mol. The first-order chi connectivity index (χ1) is 17.2. The summed E-state index contributed by atoms with van der Waals surface area (Å²) < 4.78 is 19.0. The fourth-order valence-corrected chi connectivity index (χ4v) is 5.88. The van der Waals surface area contributed by atoms with E-state index < -0.39 is 0 Å². The number of hydrogen-bond donors (Lipinski definition) is 1. The van der Waals surface area contributed by atoms with Crippen LogP contribution in [0.15, 0.2) is 48.7 Å². The normalized spacial score (nSPS) is 18.4. The van der Waals surface area contributed by atoms with Crippen molar-refractivity contribution in [2.75, 3.05) is 64.4 Å². The maximum Gasteiger partial charge on any atom is 0.142 e. The zero-order chi connectivity index (χ0) is 24.0. The van der Waals surface area contributed by atoms with E-state index in [1.165, 1.54) is 74.9 Å². The largest absolute Gasteiger partial charge is 0.495 e. The van der Waals surface area contributed by atoms with Gasteiger partial charge in [0.2, 0.25) is 0 Å². The van der Waals surface area contributed by atoms with Gasteiger partial charge in [-0.1, -0.05) is 18.6 Å². The van der Waals surface area contributed by atoms with Crippen molar-refractivity contribution in [3.05, 3.63) is 60.0 Å². The first-order valence-corrected chi connectivity index (χ1v) is 13.3. The van der Waals surface area contributed by atoms with Gasteiger partial charge in [-0.25, -0.2) is 4.39 Å². The van der Waals surface area contributed by atoms with Gasteiger partial charge < -0.3 is 19.5 Å². The van der Waals surface area contributed by atoms with Crippen LogP contribution in [0.2, 0.25) is 0 Å². The first-order valence-electron chi connectivity index (χ1n) is 13.3. The third kappa shape index (κ3) is 5.81. The summed E-state index contributed by atoms with van der Waals surface area (Å²) in [7, 11) is 1.75. The number of hydrogen-bond acceptors (Lipinski definition) is 4. The van der Waals surface area contributed by atoms with Gasteiger partial charge >= 0.3 is 0 Å². The van der Waals surface area contributed by atoms with Crippen molar-refractivity contribution in [1.29, 1.82) is 0 Å². The SMILES string of the molecule is COc1ccccc1N1CCN(CCCCCN2CCC(c3c[nH]c4cc(F)ccc34)CC2)CC1. The Morgan fingerprint density at radius 3 is 2.34 bits per heavy atom. The molecule has 188 valence electrons. The van der Waals surface area contributed by atoms with E-state index in [9.17, 15) is 4.39 Å². The molecule has 0 spiro atoms. The van der Waals surface area contributed by atoms with Crippen molar-refractivity contribution in [3.63, 3.8) is 0 Å². The van der Waals surface area contributed by atoms with Crippen LogP contribution < -0.4 is 9.64 Å². The Morgan fingerprint density at radius 2 is 1.60 bits per heavy atom. The van der Waals surface area contributed by atoms with Crippen LogP contribution >= 0.6 is 0 Å². The highest BCUT2D eigenvalue weighted by molar-refractivity contribution is 5.83. The smallest absolute Gasteiger partial charge is 0.142 e. The van der Waals surface area contributed by atoms with Gasteiger partial charge in [-0.05, 0) is 93.7 Å². The maximum atomic E-state index is 13.5. The molecule has 0 aliphatic carbocycles. The average Bonchev–Trinajstić information content (AvgIpc) is 3.32. The van der Waals surface area contributed by atoms with E-state index >= 15 is 0 Å². The number of aromatic nitrogens is 1. The number of nitrogens with zero attached hydrogens (tertiary/aromatic N) is 3. The van der Waals surface area contributed by atoms with E-state index in [-0.39, 0.29) is 5.82 Å². The summed E-state index contributed by atoms with van der Waals surface area (Å²) in [6.45, 7) is 9.17. The maximum absolute atomic E-state index is 13.5. The number of nitrogens with one attached hydrogen (secondary N) is 1. The number of methoxy groups -OCH3 is 1. The number of ether oxygens (including phenoxy) is 1. The number of benzene rings is 2. The Balaban J connectivity index is 0.971. The van der Waals surface area contributed by atoms with E-state index in [1.807, 2.05) is 12.1 Å². The van der Waals surface area contributed by atoms with Crippen LogP contribution in [0.4, 0.5) is 10.1 Å². The molecule has 1 aromatic heterocycles. The summed E-state index contributed by atoms with van der Waals surface area (Å²) >= 11 is 0. The third-order valence-corrected chi connectivity index (χ3v) is 7.95. The lowest BCUT2D eigenvalue weighted by molar-refractivity contribution is 0.205. The van der Waals surface area contributed by atoms with E-state index in [1.54, 1.807) is 19.2 Å². The van der Waals surface area contributed by atoms with Crippen molar-refractivity contribution >= 4 is 16.6 Å². The molecule has 2 aliphatic heterocycles. The van der Waals surface area contributed by atoms with Gasteiger partial charge in [-0.2, -0.15) is 0 Å². The summed E-state index contributed by atoms with van der Waals surface area (Å²) in [5.41, 5.74) is 3.51. The number of unbranched alkanes of at least 4 members (excludes halogenated alkanes) is 2. The van der Waals surface area contributed by atoms with Crippen LogP contribution in [0.3, 0.4) is 0 Å². The first kappa shape index (κ1) is 24.1. The van der Waals surface area contributed by atoms with Crippen LogP contribution in [0.25, 0.3) is 10.9 Å². The molecule has 5 rings (SSSR count). The lowest BCUT2D eigenvalue weighted by Gasteiger charge is -2.36. The minimum atomic E-state index is -0.171. The highest BCUT2D eigenvalue weighted by Gasteiger charge is 2.23. The molecule has 0 radical (unpaired) electrons. The zero-order valence-corrected chi connectivity index (χ0v) is 21.0. The van der Waals surface area contributed by atoms with Gasteiger partial charge in [0.25, 0.3) is 0 Å². The van der Waals surface area contributed by atoms with Gasteiger partial charge in [0, 0.05) is 43.3 Å². The monoisotopic (exact) mass is 478 g/mol. The van der Waals surface area contributed by atoms with Crippen LogP contribution in [-0.4, -0.2) is 74.3 Å². The number of anilines is 1. The second kappa shape index (κ2) is 11.4. The predicted octanol–water partition coefficient (Wildman–Crippen LogP) is 5.49. The standard InChI is InChI=1S/C29H39FN4O/c1-35-29-8-4-3-7-28(29)34-19-17-33(18-20-34)14-6-2-5-13-32-15-11-23(12-16-32)26-22-31-27-21-24(30)9-10-25(26)27/h3-4,7-10,21-23,31H,2,5-6,11-20H2,1H3. The van der Waals surface area contributed by atoms with Gasteiger partial charge in [-0.3, -0.25) is 4.90 Å². The molecule has 0 saturated carbocycles. The summed E-state index contributed by atoms with van der Waals surface area (Å²) in [6.07, 6.45) is 8.37. The number of piperidine rings is 1. The molecule has 3 aromatic rings. The van der Waals surface area contributed by atoms with E-state index in [2.05, 4.69) is 44.1 Å². The number of likely N-dealkylation sites (tertiary alicyclic amines) is 1. The molecule has 0 atom stereocenters. The molecule has 2 aliphatic rings. The molecule has 5 nitrogen and oxygen atoms in total. The van der Waals surface area contributed by atoms with Crippen molar-refractivity contribution in [2.24, 2.45) is 0 Å². The number of rotatable bonds is 9. The van der Waals surface area contributed by atoms with Gasteiger partial charge in [0.15, 0.2) is 0 Å². The molecule has 2 saturated heterocycles. The van der Waals surface area contributed by atoms with E-state index in [0.717, 1.165) is 37.4 Å². The van der Waals surface area contributed by atoms with Crippen LogP contribution in [0.1, 0.15) is 43.6 Å². The van der Waals surface area contributed by atoms with Gasteiger partial charge in [-0.15, -0.1) is 0 Å². The number of piperazine rings is 1. The van der Waals surface area contributed by atoms with Gasteiger partial charge in [0.1, 0.15) is 11.6 Å². The number of aromatic amines is 1. The molecule has 0 amide bonds. The average molecular weight is 479 g/mol. The number of halogens is 1. The fraction of sp³-hybridized carbons (Fsp3) is 0.517. The highest BCUT2D eigenvalue weighted by atomic mass is 19.1. The lowest BCUT2D eigenvalue weighted by Crippen LogP contribution is -2.46. The molecule has 2 aromatic carbocycles. The third-order valence-electron chi connectivity index (χ3n) is 7.95. The summed E-state index contributed by atoms with van der Waals surface area (Å²) in [5.74, 6) is 1.39. The molecular formula is C29H39FN4O. The van der Waals surface area contributed by atoms with Crippen molar-refractivity contribution < 1.29 is 9.13 Å². The molecule has 35 heavy (non-hydrogen) atoms. The molecule has 0 bridgehead atoms. The molecule has 0 unspecified atom stereocenters. The van der Waals surface area contributed by atoms with Crippen molar-refractivity contribution in [1.82, 2.24) is 14.8 Å². The van der Waals surface area contributed by atoms with E-state index in [4.69, 9.17) is 4.74 Å². The number of H-pyrrole nitrogens is 1. The van der Waals surface area contributed by atoms with E-state index in [0.29, 0.717) is 5.92 Å². The summed E-state index contributed by atoms with van der Waals surface area (Å²) in [6, 6.07) is 13.5. The van der Waals surface area contributed by atoms with Crippen LogP contribution in [0.5, 0.6) is 5.75 Å². The lowest BCUT2D eigenvalue weighted by atomic mass is 9.89. The van der Waals surface area contributed by atoms with Crippen molar-refractivity contribution in [3.8, 4) is 5.75 Å². The Hall–Kier alpha value is -2.57. The minimum Gasteiger partial charge on any atom is -0.495 e. The fourth-order valence-electron chi connectivity index (χ4n) is 5.88. The predicted molar refractivity (Wildman–Crippen MR) is 142 cm³/mol. The molecule has 6 heteroatoms. The second-order valence-electron chi connectivity index (χ2n) is 10.1. The number of para-hydroxylation sites is 2. The van der Waals surface area contributed by atoms with Crippen LogP contribution in [-0.2, 0) is 0 Å². The highest BCUT2D eigenvalue weighted by Crippen LogP contribution is 2.33. The number of fused-ring (bicyclic) bond motifs is 1. The summed E-state index contributed by atoms with van der Waals surface area (Å²) in [4.78, 5) is 11.0. The Bertz CT molecular complexity index is 1080. The van der Waals surface area contributed by atoms with Crippen LogP contribution in [0, 0.1) is 5.82 Å². The Morgan fingerprint density at radius 1 is 0.886 bits per heavy atom. The van der Waals surface area contributed by atoms with Crippen molar-refractivity contribution in [2.45, 2.75) is 38.0 Å². The quantitative estimate of drug-likeness (QED) is 0.413. The zero-order valence-electron chi connectivity index (χ0n) is 21.0. The Labute approximate surface area is 208 Å².